The number of aromatic nitrogens is 3. The lowest BCUT2D eigenvalue weighted by Crippen LogP contribution is -2.46. The molecule has 0 bridgehead atoms. The first-order valence-corrected chi connectivity index (χ1v) is 6.37. The van der Waals surface area contributed by atoms with Gasteiger partial charge in [0.15, 0.2) is 0 Å². The number of carbonyl (C=O) groups excluding carboxylic acids is 1. The highest BCUT2D eigenvalue weighted by Crippen LogP contribution is 2.17. The summed E-state index contributed by atoms with van der Waals surface area (Å²) in [5.41, 5.74) is 0. The van der Waals surface area contributed by atoms with Gasteiger partial charge >= 0.3 is 12.0 Å². The lowest BCUT2D eigenvalue weighted by Gasteiger charge is -2.21. The molecule has 9 heteroatoms. The van der Waals surface area contributed by atoms with Crippen LogP contribution in [0, 0.1) is 0 Å². The van der Waals surface area contributed by atoms with E-state index in [1.807, 2.05) is 0 Å². The van der Waals surface area contributed by atoms with Gasteiger partial charge in [0.05, 0.1) is 6.10 Å². The summed E-state index contributed by atoms with van der Waals surface area (Å²) < 4.78 is 0. The summed E-state index contributed by atoms with van der Waals surface area (Å²) in [6, 6.07) is -1.43. The first kappa shape index (κ1) is 14.3. The number of β-amino-alcohol motifs (C(OH)–C–C–N with tert-alkyl or cyclic N) is 1. The van der Waals surface area contributed by atoms with E-state index in [2.05, 4.69) is 20.5 Å². The van der Waals surface area contributed by atoms with Gasteiger partial charge in [0.25, 0.3) is 0 Å². The number of carbonyl (C=O) groups is 2. The van der Waals surface area contributed by atoms with E-state index in [4.69, 9.17) is 5.11 Å². The number of nitrogens with one attached hydrogen (secondary N) is 2. The molecular formula is C11H17N5O4. The molecular weight excluding hydrogens is 266 g/mol. The Morgan fingerprint density at radius 1 is 1.55 bits per heavy atom. The number of hydrogen-bond donors (Lipinski definition) is 4. The summed E-state index contributed by atoms with van der Waals surface area (Å²) in [6.45, 7) is 0.448. The van der Waals surface area contributed by atoms with E-state index >= 15 is 0 Å². The number of H-pyrrole nitrogens is 1. The molecule has 2 heterocycles. The van der Waals surface area contributed by atoms with Crippen LogP contribution in [0.15, 0.2) is 6.33 Å². The van der Waals surface area contributed by atoms with Gasteiger partial charge in [-0.05, 0) is 6.42 Å². The summed E-state index contributed by atoms with van der Waals surface area (Å²) in [4.78, 5) is 28.0. The number of likely N-dealkylation sites (tertiary alicyclic amines) is 1. The van der Waals surface area contributed by atoms with Gasteiger partial charge < -0.3 is 20.4 Å². The second-order valence-corrected chi connectivity index (χ2v) is 4.66. The van der Waals surface area contributed by atoms with Gasteiger partial charge in [-0.1, -0.05) is 0 Å². The Morgan fingerprint density at radius 2 is 2.35 bits per heavy atom. The highest BCUT2D eigenvalue weighted by Gasteiger charge is 2.38. The number of hydrogen-bond acceptors (Lipinski definition) is 5. The maximum Gasteiger partial charge on any atom is 0.326 e. The molecule has 110 valence electrons. The number of carboxylic acid groups (broad SMARTS) is 1. The first-order chi connectivity index (χ1) is 9.58. The molecule has 1 unspecified atom stereocenters. The molecule has 2 atom stereocenters. The first-order valence-electron chi connectivity index (χ1n) is 6.37. The average Bonchev–Trinajstić information content (AvgIpc) is 3.03. The van der Waals surface area contributed by atoms with Crippen LogP contribution in [0.3, 0.4) is 0 Å². The fraction of sp³-hybridized carbons (Fsp3) is 0.636. The normalized spacial score (nSPS) is 21.9. The van der Waals surface area contributed by atoms with Crippen LogP contribution in [-0.4, -0.2) is 67.5 Å². The Kier molecular flexibility index (Phi) is 4.51. The molecule has 1 saturated heterocycles. The third-order valence-electron chi connectivity index (χ3n) is 3.16. The number of nitrogens with zero attached hydrogens (tertiary/aromatic N) is 3. The quantitative estimate of drug-likeness (QED) is 0.511. The number of aryl methyl sites for hydroxylation is 1. The Labute approximate surface area is 115 Å². The van der Waals surface area contributed by atoms with Crippen LogP contribution in [0.1, 0.15) is 18.7 Å². The zero-order valence-corrected chi connectivity index (χ0v) is 10.8. The Balaban J connectivity index is 1.75. The fourth-order valence-electron chi connectivity index (χ4n) is 2.18. The third-order valence-corrected chi connectivity index (χ3v) is 3.16. The molecule has 0 saturated carbocycles. The van der Waals surface area contributed by atoms with Gasteiger partial charge in [0.2, 0.25) is 0 Å². The highest BCUT2D eigenvalue weighted by molar-refractivity contribution is 5.83. The second-order valence-electron chi connectivity index (χ2n) is 4.66. The van der Waals surface area contributed by atoms with Crippen molar-refractivity contribution >= 4 is 12.0 Å². The predicted octanol–water partition coefficient (Wildman–Crippen LogP) is -1.03. The molecule has 2 rings (SSSR count). The van der Waals surface area contributed by atoms with Gasteiger partial charge in [-0.25, -0.2) is 14.6 Å². The maximum absolute atomic E-state index is 11.9. The molecule has 0 radical (unpaired) electrons. The van der Waals surface area contributed by atoms with Crippen molar-refractivity contribution in [3.8, 4) is 0 Å². The largest absolute Gasteiger partial charge is 0.480 e. The van der Waals surface area contributed by atoms with E-state index in [0.717, 1.165) is 10.7 Å². The van der Waals surface area contributed by atoms with Crippen LogP contribution in [0.2, 0.25) is 0 Å². The molecule has 0 aromatic carbocycles. The second kappa shape index (κ2) is 6.33. The molecule has 0 aliphatic carbocycles. The number of aliphatic hydroxyl groups is 1. The monoisotopic (exact) mass is 283 g/mol. The summed E-state index contributed by atoms with van der Waals surface area (Å²) in [5, 5.41) is 27.5. The minimum Gasteiger partial charge on any atom is -0.480 e. The molecule has 0 spiro atoms. The van der Waals surface area contributed by atoms with Gasteiger partial charge in [-0.3, -0.25) is 5.10 Å². The number of carboxylic acids is 1. The van der Waals surface area contributed by atoms with E-state index < -0.39 is 24.1 Å². The van der Waals surface area contributed by atoms with Crippen LogP contribution in [0.5, 0.6) is 0 Å². The van der Waals surface area contributed by atoms with Gasteiger partial charge in [-0.15, -0.1) is 0 Å². The van der Waals surface area contributed by atoms with E-state index in [1.165, 1.54) is 6.33 Å². The molecule has 2 amide bonds. The van der Waals surface area contributed by atoms with Crippen LogP contribution in [0.4, 0.5) is 4.79 Å². The summed E-state index contributed by atoms with van der Waals surface area (Å²) >= 11 is 0. The van der Waals surface area contributed by atoms with Crippen molar-refractivity contribution in [3.05, 3.63) is 12.2 Å². The Hall–Kier alpha value is -2.16. The van der Waals surface area contributed by atoms with Crippen molar-refractivity contribution < 1.29 is 19.8 Å². The number of rotatable bonds is 5. The van der Waals surface area contributed by atoms with Crippen LogP contribution >= 0.6 is 0 Å². The molecule has 20 heavy (non-hydrogen) atoms. The lowest BCUT2D eigenvalue weighted by atomic mass is 10.2. The van der Waals surface area contributed by atoms with Crippen LogP contribution in [-0.2, 0) is 11.2 Å². The summed E-state index contributed by atoms with van der Waals surface area (Å²) in [5.74, 6) is -0.363. The number of aromatic amines is 1. The van der Waals surface area contributed by atoms with Crippen molar-refractivity contribution in [3.63, 3.8) is 0 Å². The van der Waals surface area contributed by atoms with Gasteiger partial charge in [-0.2, -0.15) is 5.10 Å². The zero-order chi connectivity index (χ0) is 14.5. The average molecular weight is 283 g/mol. The molecule has 1 fully saturated rings. The number of amides is 2. The van der Waals surface area contributed by atoms with E-state index in [0.29, 0.717) is 19.4 Å². The van der Waals surface area contributed by atoms with E-state index in [9.17, 15) is 14.7 Å². The van der Waals surface area contributed by atoms with Crippen molar-refractivity contribution in [1.29, 1.82) is 0 Å². The van der Waals surface area contributed by atoms with Gasteiger partial charge in [0, 0.05) is 25.9 Å². The highest BCUT2D eigenvalue weighted by atomic mass is 16.4. The van der Waals surface area contributed by atoms with Crippen molar-refractivity contribution in [2.75, 3.05) is 13.1 Å². The standard InChI is InChI=1S/C11H17N5O4/c17-7-4-8(10(18)19)16(5-7)11(20)12-3-1-2-9-13-6-14-15-9/h6-8,17H,1-5H2,(H,12,20)(H,18,19)(H,13,14,15)/t7?,8-/m0/s1. The van der Waals surface area contributed by atoms with E-state index in [1.54, 1.807) is 0 Å². The Bertz CT molecular complexity index is 463. The molecule has 9 nitrogen and oxygen atoms in total. The topological polar surface area (TPSA) is 131 Å². The van der Waals surface area contributed by atoms with Crippen molar-refractivity contribution in [1.82, 2.24) is 25.4 Å². The summed E-state index contributed by atoms with van der Waals surface area (Å²) in [6.07, 6.45) is 2.01. The molecule has 1 aliphatic rings. The van der Waals surface area contributed by atoms with Crippen LogP contribution < -0.4 is 5.32 Å². The van der Waals surface area contributed by atoms with Crippen LogP contribution in [0.25, 0.3) is 0 Å². The predicted molar refractivity (Wildman–Crippen MR) is 66.9 cm³/mol. The van der Waals surface area contributed by atoms with E-state index in [-0.39, 0.29) is 13.0 Å². The molecule has 1 aromatic heterocycles. The van der Waals surface area contributed by atoms with Crippen molar-refractivity contribution in [2.45, 2.75) is 31.4 Å². The minimum atomic E-state index is -1.10. The SMILES string of the molecule is O=C(O)[C@@H]1CC(O)CN1C(=O)NCCCc1ncn[nH]1. The fourth-order valence-corrected chi connectivity index (χ4v) is 2.18. The van der Waals surface area contributed by atoms with Gasteiger partial charge in [0.1, 0.15) is 18.2 Å². The lowest BCUT2D eigenvalue weighted by molar-refractivity contribution is -0.141. The molecule has 1 aliphatic heterocycles. The zero-order valence-electron chi connectivity index (χ0n) is 10.8. The number of urea groups is 1. The number of aliphatic carboxylic acids is 1. The third kappa shape index (κ3) is 3.44. The Morgan fingerprint density at radius 3 is 3.00 bits per heavy atom. The number of aliphatic hydroxyl groups excluding tert-OH is 1. The minimum absolute atomic E-state index is 0.0465. The van der Waals surface area contributed by atoms with Crippen molar-refractivity contribution in [2.24, 2.45) is 0 Å². The smallest absolute Gasteiger partial charge is 0.326 e. The maximum atomic E-state index is 11.9. The molecule has 1 aromatic rings. The summed E-state index contributed by atoms with van der Waals surface area (Å²) in [7, 11) is 0. The molecule has 4 N–H and O–H groups in total.